The van der Waals surface area contributed by atoms with E-state index in [2.05, 4.69) is 10.6 Å². The molecule has 0 aliphatic heterocycles. The lowest BCUT2D eigenvalue weighted by atomic mass is 9.94. The van der Waals surface area contributed by atoms with Crippen molar-refractivity contribution in [1.82, 2.24) is 5.32 Å². The molecule has 136 valence electrons. The zero-order valence-corrected chi connectivity index (χ0v) is 15.4. The van der Waals surface area contributed by atoms with E-state index in [1.807, 2.05) is 11.4 Å². The number of thiophene rings is 1. The van der Waals surface area contributed by atoms with Crippen LogP contribution in [0.5, 0.6) is 5.75 Å². The molecule has 8 heteroatoms. The lowest BCUT2D eigenvalue weighted by Crippen LogP contribution is -2.42. The first-order valence-corrected chi connectivity index (χ1v) is 8.96. The number of carbonyl (C=O) groups excluding carboxylic acids is 1. The van der Waals surface area contributed by atoms with E-state index in [1.54, 1.807) is 30.3 Å². The Morgan fingerprint density at radius 2 is 2.23 bits per heavy atom. The topological polar surface area (TPSA) is 83.7 Å². The van der Waals surface area contributed by atoms with Gasteiger partial charge in [-0.15, -0.1) is 11.3 Å². The smallest absolute Gasteiger partial charge is 0.319 e. The van der Waals surface area contributed by atoms with Crippen LogP contribution in [0.15, 0.2) is 58.7 Å². The summed E-state index contributed by atoms with van der Waals surface area (Å²) in [7, 11) is 1.50. The van der Waals surface area contributed by atoms with Crippen molar-refractivity contribution in [1.29, 1.82) is 0 Å². The van der Waals surface area contributed by atoms with Gasteiger partial charge in [-0.2, -0.15) is 0 Å². The normalized spacial score (nSPS) is 13.0. The number of hydrogen-bond donors (Lipinski definition) is 3. The molecule has 1 unspecified atom stereocenters. The van der Waals surface area contributed by atoms with Crippen molar-refractivity contribution >= 4 is 34.7 Å². The molecule has 2 aromatic heterocycles. The predicted octanol–water partition coefficient (Wildman–Crippen LogP) is 4.06. The van der Waals surface area contributed by atoms with Crippen LogP contribution >= 0.6 is 22.9 Å². The third-order valence-electron chi connectivity index (χ3n) is 3.84. The summed E-state index contributed by atoms with van der Waals surface area (Å²) in [6.07, 6.45) is 2.93. The molecule has 1 aromatic carbocycles. The number of amides is 2. The van der Waals surface area contributed by atoms with E-state index in [-0.39, 0.29) is 6.54 Å². The van der Waals surface area contributed by atoms with Crippen LogP contribution in [0, 0.1) is 0 Å². The lowest BCUT2D eigenvalue weighted by molar-refractivity contribution is 0.0859. The molecule has 0 radical (unpaired) electrons. The Morgan fingerprint density at radius 1 is 1.38 bits per heavy atom. The summed E-state index contributed by atoms with van der Waals surface area (Å²) in [5, 5.41) is 18.8. The van der Waals surface area contributed by atoms with E-state index in [0.717, 1.165) is 0 Å². The summed E-state index contributed by atoms with van der Waals surface area (Å²) < 4.78 is 10.3. The Balaban J connectivity index is 1.74. The van der Waals surface area contributed by atoms with Gasteiger partial charge < -0.3 is 24.9 Å². The van der Waals surface area contributed by atoms with E-state index in [4.69, 9.17) is 20.8 Å². The van der Waals surface area contributed by atoms with Gasteiger partial charge in [-0.1, -0.05) is 17.7 Å². The number of halogens is 1. The molecule has 2 heterocycles. The van der Waals surface area contributed by atoms with Crippen LogP contribution < -0.4 is 15.4 Å². The molecule has 0 aliphatic carbocycles. The van der Waals surface area contributed by atoms with Crippen LogP contribution in [0.3, 0.4) is 0 Å². The predicted molar refractivity (Wildman–Crippen MR) is 101 cm³/mol. The summed E-state index contributed by atoms with van der Waals surface area (Å²) in [5.74, 6) is 0.480. The molecule has 1 atom stereocenters. The number of carbonyl (C=O) groups is 1. The number of furan rings is 1. The molecule has 0 spiro atoms. The maximum absolute atomic E-state index is 12.3. The van der Waals surface area contributed by atoms with Gasteiger partial charge in [0.1, 0.15) is 11.4 Å². The van der Waals surface area contributed by atoms with Crippen molar-refractivity contribution in [3.05, 3.63) is 69.8 Å². The molecular weight excluding hydrogens is 376 g/mol. The average Bonchev–Trinajstić information content (AvgIpc) is 3.33. The SMILES string of the molecule is COc1ccc(Cl)cc1NC(=O)NCC(O)(c1ccoc1)c1cccs1. The fourth-order valence-electron chi connectivity index (χ4n) is 2.50. The second kappa shape index (κ2) is 7.82. The lowest BCUT2D eigenvalue weighted by Gasteiger charge is -2.26. The first-order valence-electron chi connectivity index (χ1n) is 7.70. The van der Waals surface area contributed by atoms with E-state index in [9.17, 15) is 9.90 Å². The standard InChI is InChI=1S/C18H17ClN2O4S/c1-24-15-5-4-13(19)9-14(15)21-17(22)20-11-18(23,12-6-7-25-10-12)16-3-2-8-26-16/h2-10,23H,11H2,1H3,(H2,20,21,22). The number of methoxy groups -OCH3 is 1. The first kappa shape index (κ1) is 18.3. The van der Waals surface area contributed by atoms with Gasteiger partial charge in [0, 0.05) is 15.5 Å². The van der Waals surface area contributed by atoms with Gasteiger partial charge in [0.2, 0.25) is 0 Å². The number of ether oxygens (including phenoxy) is 1. The van der Waals surface area contributed by atoms with Gasteiger partial charge in [0.15, 0.2) is 0 Å². The molecule has 0 bridgehead atoms. The van der Waals surface area contributed by atoms with Gasteiger partial charge in [0.05, 0.1) is 31.9 Å². The highest BCUT2D eigenvalue weighted by molar-refractivity contribution is 7.10. The number of anilines is 1. The zero-order valence-electron chi connectivity index (χ0n) is 13.9. The Hall–Kier alpha value is -2.48. The molecule has 3 N–H and O–H groups in total. The van der Waals surface area contributed by atoms with Crippen molar-refractivity contribution in [3.8, 4) is 5.75 Å². The molecule has 0 saturated heterocycles. The minimum Gasteiger partial charge on any atom is -0.495 e. The maximum atomic E-state index is 12.3. The largest absolute Gasteiger partial charge is 0.495 e. The summed E-state index contributed by atoms with van der Waals surface area (Å²) in [6, 6.07) is 9.72. The van der Waals surface area contributed by atoms with Crippen LogP contribution in [-0.2, 0) is 5.60 Å². The maximum Gasteiger partial charge on any atom is 0.319 e. The second-order valence-electron chi connectivity index (χ2n) is 5.50. The van der Waals surface area contributed by atoms with Crippen LogP contribution in [-0.4, -0.2) is 24.8 Å². The third kappa shape index (κ3) is 3.85. The minimum atomic E-state index is -1.39. The van der Waals surface area contributed by atoms with Crippen molar-refractivity contribution in [3.63, 3.8) is 0 Å². The van der Waals surface area contributed by atoms with Crippen molar-refractivity contribution < 1.29 is 19.1 Å². The fourth-order valence-corrected chi connectivity index (χ4v) is 3.52. The number of urea groups is 1. The molecule has 3 aromatic rings. The van der Waals surface area contributed by atoms with Crippen LogP contribution in [0.4, 0.5) is 10.5 Å². The number of hydrogen-bond acceptors (Lipinski definition) is 5. The quantitative estimate of drug-likeness (QED) is 0.590. The molecule has 0 fully saturated rings. The van der Waals surface area contributed by atoms with Crippen molar-refractivity contribution in [2.75, 3.05) is 19.0 Å². The van der Waals surface area contributed by atoms with Crippen LogP contribution in [0.25, 0.3) is 0 Å². The Kier molecular flexibility index (Phi) is 5.51. The van der Waals surface area contributed by atoms with E-state index >= 15 is 0 Å². The van der Waals surface area contributed by atoms with E-state index in [1.165, 1.54) is 31.0 Å². The number of nitrogens with one attached hydrogen (secondary N) is 2. The number of rotatable bonds is 6. The molecule has 0 saturated carbocycles. The van der Waals surface area contributed by atoms with Gasteiger partial charge in [0.25, 0.3) is 0 Å². The van der Waals surface area contributed by atoms with Crippen molar-refractivity contribution in [2.24, 2.45) is 0 Å². The Morgan fingerprint density at radius 3 is 2.88 bits per heavy atom. The molecule has 6 nitrogen and oxygen atoms in total. The van der Waals surface area contributed by atoms with Gasteiger partial charge in [-0.05, 0) is 35.7 Å². The second-order valence-corrected chi connectivity index (χ2v) is 6.89. The fraction of sp³-hybridized carbons (Fsp3) is 0.167. The summed E-state index contributed by atoms with van der Waals surface area (Å²) in [6.45, 7) is -0.0399. The zero-order chi connectivity index (χ0) is 18.6. The highest BCUT2D eigenvalue weighted by atomic mass is 35.5. The Bertz CT molecular complexity index is 831. The number of aliphatic hydroxyl groups is 1. The van der Waals surface area contributed by atoms with Crippen molar-refractivity contribution in [2.45, 2.75) is 5.60 Å². The molecule has 3 rings (SSSR count). The summed E-state index contributed by atoms with van der Waals surface area (Å²) >= 11 is 7.36. The molecule has 26 heavy (non-hydrogen) atoms. The monoisotopic (exact) mass is 392 g/mol. The summed E-state index contributed by atoms with van der Waals surface area (Å²) in [5.41, 5.74) is -0.405. The average molecular weight is 393 g/mol. The molecule has 2 amide bonds. The highest BCUT2D eigenvalue weighted by Crippen LogP contribution is 2.33. The third-order valence-corrected chi connectivity index (χ3v) is 5.10. The highest BCUT2D eigenvalue weighted by Gasteiger charge is 2.34. The Labute approximate surface area is 159 Å². The molecule has 0 aliphatic rings. The van der Waals surface area contributed by atoms with Crippen LogP contribution in [0.2, 0.25) is 5.02 Å². The van der Waals surface area contributed by atoms with Gasteiger partial charge in [-0.3, -0.25) is 0 Å². The first-order chi connectivity index (χ1) is 12.5. The van der Waals surface area contributed by atoms with Gasteiger partial charge >= 0.3 is 6.03 Å². The minimum absolute atomic E-state index is 0.0399. The van der Waals surface area contributed by atoms with E-state index < -0.39 is 11.6 Å². The van der Waals surface area contributed by atoms with E-state index in [0.29, 0.717) is 26.9 Å². The number of benzene rings is 1. The van der Waals surface area contributed by atoms with Gasteiger partial charge in [-0.25, -0.2) is 4.79 Å². The molecular formula is C18H17ClN2O4S. The summed E-state index contributed by atoms with van der Waals surface area (Å²) in [4.78, 5) is 13.0. The van der Waals surface area contributed by atoms with Crippen LogP contribution in [0.1, 0.15) is 10.4 Å².